The zero-order chi connectivity index (χ0) is 13.1. The molecule has 1 aromatic carbocycles. The molecule has 0 radical (unpaired) electrons. The van der Waals surface area contributed by atoms with Gasteiger partial charge in [0.2, 0.25) is 0 Å². The third-order valence-electron chi connectivity index (χ3n) is 2.50. The van der Waals surface area contributed by atoms with Gasteiger partial charge in [0.25, 0.3) is 0 Å². The van der Waals surface area contributed by atoms with Crippen molar-refractivity contribution >= 4 is 27.5 Å². The standard InChI is InChI=1S/C13H15BrClN3/c1-9(2)16-8-10-5-6-18(17-10)11-3-4-12(14)13(15)7-11/h3-7,9,16H,8H2,1-2H3. The molecule has 2 aromatic rings. The number of nitrogens with one attached hydrogen (secondary N) is 1. The minimum atomic E-state index is 0.456. The molecule has 0 unspecified atom stereocenters. The Morgan fingerprint density at radius 2 is 2.17 bits per heavy atom. The Labute approximate surface area is 120 Å². The highest BCUT2D eigenvalue weighted by Gasteiger charge is 2.04. The molecule has 1 N–H and O–H groups in total. The molecule has 0 spiro atoms. The van der Waals surface area contributed by atoms with E-state index in [0.29, 0.717) is 11.1 Å². The fourth-order valence-electron chi connectivity index (χ4n) is 1.54. The first-order chi connectivity index (χ1) is 8.56. The van der Waals surface area contributed by atoms with Crippen molar-refractivity contribution in [3.8, 4) is 5.69 Å². The topological polar surface area (TPSA) is 29.9 Å². The Morgan fingerprint density at radius 1 is 1.39 bits per heavy atom. The maximum Gasteiger partial charge on any atom is 0.0766 e. The maximum atomic E-state index is 6.07. The molecule has 1 heterocycles. The number of hydrogen-bond acceptors (Lipinski definition) is 2. The Hall–Kier alpha value is -0.840. The highest BCUT2D eigenvalue weighted by molar-refractivity contribution is 9.10. The maximum absolute atomic E-state index is 6.07. The number of aromatic nitrogens is 2. The van der Waals surface area contributed by atoms with Gasteiger partial charge in [0.1, 0.15) is 0 Å². The highest BCUT2D eigenvalue weighted by atomic mass is 79.9. The van der Waals surface area contributed by atoms with Crippen LogP contribution in [-0.2, 0) is 6.54 Å². The number of nitrogens with zero attached hydrogens (tertiary/aromatic N) is 2. The van der Waals surface area contributed by atoms with Crippen LogP contribution in [0.25, 0.3) is 5.69 Å². The summed E-state index contributed by atoms with van der Waals surface area (Å²) in [6.45, 7) is 5.01. The van der Waals surface area contributed by atoms with Gasteiger partial charge in [0, 0.05) is 23.3 Å². The summed E-state index contributed by atoms with van der Waals surface area (Å²) in [7, 11) is 0. The van der Waals surface area contributed by atoms with E-state index in [1.807, 2.05) is 35.1 Å². The first kappa shape index (κ1) is 13.6. The second-order valence-electron chi connectivity index (χ2n) is 4.39. The van der Waals surface area contributed by atoms with Crippen LogP contribution in [0, 0.1) is 0 Å². The smallest absolute Gasteiger partial charge is 0.0766 e. The van der Waals surface area contributed by atoms with Gasteiger partial charge < -0.3 is 5.32 Å². The van der Waals surface area contributed by atoms with E-state index in [-0.39, 0.29) is 0 Å². The van der Waals surface area contributed by atoms with Crippen molar-refractivity contribution in [1.82, 2.24) is 15.1 Å². The predicted molar refractivity (Wildman–Crippen MR) is 78.2 cm³/mol. The normalized spacial score (nSPS) is 11.2. The summed E-state index contributed by atoms with van der Waals surface area (Å²) in [5.74, 6) is 0. The third kappa shape index (κ3) is 3.34. The van der Waals surface area contributed by atoms with Crippen LogP contribution >= 0.6 is 27.5 Å². The molecule has 5 heteroatoms. The zero-order valence-corrected chi connectivity index (χ0v) is 12.7. The summed E-state index contributed by atoms with van der Waals surface area (Å²) in [5, 5.41) is 8.53. The Kier molecular flexibility index (Phi) is 4.43. The SMILES string of the molecule is CC(C)NCc1ccn(-c2ccc(Br)c(Cl)c2)n1. The molecule has 0 amide bonds. The van der Waals surface area contributed by atoms with Crippen LogP contribution in [-0.4, -0.2) is 15.8 Å². The van der Waals surface area contributed by atoms with Crippen LogP contribution in [0.15, 0.2) is 34.9 Å². The van der Waals surface area contributed by atoms with Gasteiger partial charge in [0.15, 0.2) is 0 Å². The molecule has 3 nitrogen and oxygen atoms in total. The molecule has 0 saturated heterocycles. The van der Waals surface area contributed by atoms with Crippen LogP contribution in [0.1, 0.15) is 19.5 Å². The van der Waals surface area contributed by atoms with E-state index in [4.69, 9.17) is 11.6 Å². The first-order valence-corrected chi connectivity index (χ1v) is 6.96. The highest BCUT2D eigenvalue weighted by Crippen LogP contribution is 2.24. The van der Waals surface area contributed by atoms with Gasteiger partial charge in [-0.2, -0.15) is 5.10 Å². The molecule has 0 aliphatic heterocycles. The molecule has 0 aliphatic carbocycles. The zero-order valence-electron chi connectivity index (χ0n) is 10.3. The molecule has 96 valence electrons. The van der Waals surface area contributed by atoms with Gasteiger partial charge in [0.05, 0.1) is 16.4 Å². The molecule has 2 rings (SSSR count). The Balaban J connectivity index is 2.16. The van der Waals surface area contributed by atoms with Crippen LogP contribution in [0.5, 0.6) is 0 Å². The van der Waals surface area contributed by atoms with Crippen LogP contribution in [0.4, 0.5) is 0 Å². The Morgan fingerprint density at radius 3 is 2.83 bits per heavy atom. The fourth-order valence-corrected chi connectivity index (χ4v) is 1.96. The lowest BCUT2D eigenvalue weighted by Gasteiger charge is -2.05. The molecular weight excluding hydrogens is 314 g/mol. The molecule has 0 atom stereocenters. The molecule has 1 aromatic heterocycles. The summed E-state index contributed by atoms with van der Waals surface area (Å²) < 4.78 is 2.72. The van der Waals surface area contributed by atoms with Gasteiger partial charge in [-0.1, -0.05) is 25.4 Å². The number of rotatable bonds is 4. The van der Waals surface area contributed by atoms with E-state index in [1.54, 1.807) is 0 Å². The van der Waals surface area contributed by atoms with E-state index < -0.39 is 0 Å². The lowest BCUT2D eigenvalue weighted by atomic mass is 10.3. The van der Waals surface area contributed by atoms with Crippen molar-refractivity contribution in [2.24, 2.45) is 0 Å². The average molecular weight is 329 g/mol. The van der Waals surface area contributed by atoms with Crippen molar-refractivity contribution in [2.75, 3.05) is 0 Å². The fraction of sp³-hybridized carbons (Fsp3) is 0.308. The average Bonchev–Trinajstić information content (AvgIpc) is 2.79. The largest absolute Gasteiger partial charge is 0.309 e. The molecule has 0 aliphatic rings. The summed E-state index contributed by atoms with van der Waals surface area (Å²) in [5.41, 5.74) is 1.97. The Bertz CT molecular complexity index is 537. The van der Waals surface area contributed by atoms with Crippen molar-refractivity contribution in [3.05, 3.63) is 45.7 Å². The van der Waals surface area contributed by atoms with Crippen molar-refractivity contribution in [3.63, 3.8) is 0 Å². The predicted octanol–water partition coefficient (Wildman–Crippen LogP) is 3.79. The van der Waals surface area contributed by atoms with Gasteiger partial charge in [-0.25, -0.2) is 4.68 Å². The van der Waals surface area contributed by atoms with Crippen molar-refractivity contribution in [2.45, 2.75) is 26.4 Å². The summed E-state index contributed by atoms with van der Waals surface area (Å²) in [4.78, 5) is 0. The monoisotopic (exact) mass is 327 g/mol. The quantitative estimate of drug-likeness (QED) is 0.925. The van der Waals surface area contributed by atoms with Crippen molar-refractivity contribution in [1.29, 1.82) is 0 Å². The molecule has 18 heavy (non-hydrogen) atoms. The van der Waals surface area contributed by atoms with Gasteiger partial charge >= 0.3 is 0 Å². The van der Waals surface area contributed by atoms with E-state index in [2.05, 4.69) is 40.2 Å². The molecule has 0 bridgehead atoms. The van der Waals surface area contributed by atoms with Gasteiger partial charge in [-0.05, 0) is 40.2 Å². The van der Waals surface area contributed by atoms with Crippen molar-refractivity contribution < 1.29 is 0 Å². The van der Waals surface area contributed by atoms with Gasteiger partial charge in [-0.3, -0.25) is 0 Å². The van der Waals surface area contributed by atoms with Crippen LogP contribution in [0.3, 0.4) is 0 Å². The third-order valence-corrected chi connectivity index (χ3v) is 3.74. The van der Waals surface area contributed by atoms with E-state index in [0.717, 1.165) is 22.4 Å². The lowest BCUT2D eigenvalue weighted by molar-refractivity contribution is 0.578. The minimum Gasteiger partial charge on any atom is -0.309 e. The second kappa shape index (κ2) is 5.87. The molecule has 0 saturated carbocycles. The molecule has 0 fully saturated rings. The van der Waals surface area contributed by atoms with Crippen LogP contribution in [0.2, 0.25) is 5.02 Å². The number of halogens is 2. The number of benzene rings is 1. The molecular formula is C13H15BrClN3. The second-order valence-corrected chi connectivity index (χ2v) is 5.65. The lowest BCUT2D eigenvalue weighted by Crippen LogP contribution is -2.22. The first-order valence-electron chi connectivity index (χ1n) is 5.79. The van der Waals surface area contributed by atoms with Gasteiger partial charge in [-0.15, -0.1) is 0 Å². The van der Waals surface area contributed by atoms with E-state index in [1.165, 1.54) is 0 Å². The summed E-state index contributed by atoms with van der Waals surface area (Å²) >= 11 is 9.45. The van der Waals surface area contributed by atoms with E-state index >= 15 is 0 Å². The summed E-state index contributed by atoms with van der Waals surface area (Å²) in [6, 6.07) is 8.25. The minimum absolute atomic E-state index is 0.456. The summed E-state index contributed by atoms with van der Waals surface area (Å²) in [6.07, 6.45) is 1.94. The van der Waals surface area contributed by atoms with Crippen LogP contribution < -0.4 is 5.32 Å². The van der Waals surface area contributed by atoms with E-state index in [9.17, 15) is 0 Å². The number of hydrogen-bond donors (Lipinski definition) is 1.